The number of aromatic nitrogens is 1. The van der Waals surface area contributed by atoms with Crippen molar-refractivity contribution in [3.63, 3.8) is 0 Å². The first kappa shape index (κ1) is 16.2. The monoisotopic (exact) mass is 414 g/mol. The van der Waals surface area contributed by atoms with Gasteiger partial charge in [-0.25, -0.2) is 9.37 Å². The van der Waals surface area contributed by atoms with Crippen LogP contribution in [0.1, 0.15) is 0 Å². The summed E-state index contributed by atoms with van der Waals surface area (Å²) in [6.45, 7) is -0.176. The normalized spacial score (nSPS) is 10.7. The molecule has 0 saturated heterocycles. The summed E-state index contributed by atoms with van der Waals surface area (Å²) in [6.07, 6.45) is 0. The van der Waals surface area contributed by atoms with Crippen LogP contribution in [0.3, 0.4) is 0 Å². The van der Waals surface area contributed by atoms with Crippen molar-refractivity contribution < 1.29 is 13.9 Å². The maximum atomic E-state index is 13.1. The van der Waals surface area contributed by atoms with Crippen molar-refractivity contribution in [1.82, 2.24) is 4.98 Å². The van der Waals surface area contributed by atoms with E-state index in [-0.39, 0.29) is 18.3 Å². The Kier molecular flexibility index (Phi) is 4.79. The summed E-state index contributed by atoms with van der Waals surface area (Å²) in [5.74, 6) is -0.183. The van der Waals surface area contributed by atoms with Crippen LogP contribution in [0, 0.1) is 5.82 Å². The largest absolute Gasteiger partial charge is 0.483 e. The molecule has 3 aromatic rings. The Hall–Kier alpha value is -1.70. The molecule has 0 unspecified atom stereocenters. The zero-order valence-electron chi connectivity index (χ0n) is 11.5. The van der Waals surface area contributed by atoms with Gasteiger partial charge >= 0.3 is 0 Å². The molecule has 0 saturated carbocycles. The molecular formula is C15H9BrClFN2O2S. The Morgan fingerprint density at radius 2 is 2.17 bits per heavy atom. The Balaban J connectivity index is 1.64. The average Bonchev–Trinajstić information content (AvgIpc) is 2.87. The minimum atomic E-state index is -0.355. The third kappa shape index (κ3) is 3.99. The molecule has 4 nitrogen and oxygen atoms in total. The van der Waals surface area contributed by atoms with E-state index in [1.54, 1.807) is 24.3 Å². The predicted molar refractivity (Wildman–Crippen MR) is 92.9 cm³/mol. The van der Waals surface area contributed by atoms with E-state index in [1.165, 1.54) is 23.5 Å². The van der Waals surface area contributed by atoms with Crippen molar-refractivity contribution >= 4 is 60.1 Å². The van der Waals surface area contributed by atoms with Gasteiger partial charge < -0.3 is 4.74 Å². The number of nitrogens with zero attached hydrogens (tertiary/aromatic N) is 1. The minimum Gasteiger partial charge on any atom is -0.483 e. The molecular weight excluding hydrogens is 407 g/mol. The van der Waals surface area contributed by atoms with Gasteiger partial charge in [0.15, 0.2) is 11.7 Å². The number of rotatable bonds is 4. The SMILES string of the molecule is O=C(COc1ccc(Cl)cc1Br)Nc1nc2ccc(F)cc2s1. The van der Waals surface area contributed by atoms with E-state index in [4.69, 9.17) is 16.3 Å². The highest BCUT2D eigenvalue weighted by Gasteiger charge is 2.10. The summed E-state index contributed by atoms with van der Waals surface area (Å²) < 4.78 is 19.9. The number of benzene rings is 2. The van der Waals surface area contributed by atoms with Gasteiger partial charge in [-0.3, -0.25) is 10.1 Å². The van der Waals surface area contributed by atoms with Crippen molar-refractivity contribution in [1.29, 1.82) is 0 Å². The summed E-state index contributed by atoms with van der Waals surface area (Å²) in [7, 11) is 0. The average molecular weight is 416 g/mol. The number of hydrogen-bond donors (Lipinski definition) is 1. The van der Waals surface area contributed by atoms with Crippen LogP contribution in [0.5, 0.6) is 5.75 Å². The molecule has 0 spiro atoms. The lowest BCUT2D eigenvalue weighted by Gasteiger charge is -2.07. The number of carbonyl (C=O) groups is 1. The van der Waals surface area contributed by atoms with Gasteiger partial charge in [0, 0.05) is 5.02 Å². The van der Waals surface area contributed by atoms with Gasteiger partial charge in [0.1, 0.15) is 11.6 Å². The van der Waals surface area contributed by atoms with Gasteiger partial charge in [0.2, 0.25) is 0 Å². The number of ether oxygens (including phenoxy) is 1. The molecule has 1 amide bonds. The van der Waals surface area contributed by atoms with Crippen molar-refractivity contribution in [3.05, 3.63) is 51.7 Å². The number of hydrogen-bond acceptors (Lipinski definition) is 4. The maximum Gasteiger partial charge on any atom is 0.264 e. The molecule has 1 heterocycles. The van der Waals surface area contributed by atoms with Gasteiger partial charge in [0.25, 0.3) is 5.91 Å². The third-order valence-corrected chi connectivity index (χ3v) is 4.64. The zero-order chi connectivity index (χ0) is 16.4. The fourth-order valence-corrected chi connectivity index (χ4v) is 3.55. The molecule has 0 aliphatic rings. The highest BCUT2D eigenvalue weighted by Crippen LogP contribution is 2.28. The molecule has 8 heteroatoms. The lowest BCUT2D eigenvalue weighted by Crippen LogP contribution is -2.20. The zero-order valence-corrected chi connectivity index (χ0v) is 14.6. The van der Waals surface area contributed by atoms with Crippen molar-refractivity contribution in [2.75, 3.05) is 11.9 Å². The molecule has 0 aliphatic carbocycles. The van der Waals surface area contributed by atoms with Crippen molar-refractivity contribution in [2.24, 2.45) is 0 Å². The van der Waals surface area contributed by atoms with Crippen LogP contribution in [0.4, 0.5) is 9.52 Å². The number of carbonyl (C=O) groups excluding carboxylic acids is 1. The Morgan fingerprint density at radius 3 is 2.96 bits per heavy atom. The van der Waals surface area contributed by atoms with Crippen LogP contribution in [0.25, 0.3) is 10.2 Å². The van der Waals surface area contributed by atoms with Gasteiger partial charge in [-0.05, 0) is 52.3 Å². The lowest BCUT2D eigenvalue weighted by molar-refractivity contribution is -0.118. The number of anilines is 1. The van der Waals surface area contributed by atoms with Gasteiger partial charge in [0.05, 0.1) is 14.7 Å². The van der Waals surface area contributed by atoms with Crippen LogP contribution < -0.4 is 10.1 Å². The summed E-state index contributed by atoms with van der Waals surface area (Å²) in [4.78, 5) is 16.1. The topological polar surface area (TPSA) is 51.2 Å². The first-order valence-corrected chi connectivity index (χ1v) is 8.44. The Morgan fingerprint density at radius 1 is 1.35 bits per heavy atom. The maximum absolute atomic E-state index is 13.1. The smallest absolute Gasteiger partial charge is 0.264 e. The second-order valence-electron chi connectivity index (χ2n) is 4.54. The minimum absolute atomic E-state index is 0.176. The number of thiazole rings is 1. The van der Waals surface area contributed by atoms with Crippen LogP contribution in [0.15, 0.2) is 40.9 Å². The number of nitrogens with one attached hydrogen (secondary N) is 1. The molecule has 0 fully saturated rings. The summed E-state index contributed by atoms with van der Waals surface area (Å²) in [5.41, 5.74) is 0.632. The van der Waals surface area contributed by atoms with Crippen LogP contribution in [-0.2, 0) is 4.79 Å². The Labute approximate surface area is 148 Å². The molecule has 118 valence electrons. The van der Waals surface area contributed by atoms with Crippen LogP contribution >= 0.6 is 38.9 Å². The van der Waals surface area contributed by atoms with E-state index in [2.05, 4.69) is 26.2 Å². The van der Waals surface area contributed by atoms with Crippen LogP contribution in [0.2, 0.25) is 5.02 Å². The van der Waals surface area contributed by atoms with Crippen molar-refractivity contribution in [3.8, 4) is 5.75 Å². The molecule has 0 aliphatic heterocycles. The van der Waals surface area contributed by atoms with Crippen LogP contribution in [-0.4, -0.2) is 17.5 Å². The molecule has 0 atom stereocenters. The molecule has 3 rings (SSSR count). The highest BCUT2D eigenvalue weighted by atomic mass is 79.9. The second kappa shape index (κ2) is 6.82. The molecule has 2 aromatic carbocycles. The molecule has 1 N–H and O–H groups in total. The first-order chi connectivity index (χ1) is 11.0. The fraction of sp³-hybridized carbons (Fsp3) is 0.0667. The molecule has 1 aromatic heterocycles. The predicted octanol–water partition coefficient (Wildman–Crippen LogP) is 4.87. The summed E-state index contributed by atoms with van der Waals surface area (Å²) in [5, 5.41) is 3.59. The lowest BCUT2D eigenvalue weighted by atomic mass is 10.3. The van der Waals surface area contributed by atoms with E-state index in [0.29, 0.717) is 30.6 Å². The van der Waals surface area contributed by atoms with Gasteiger partial charge in [-0.15, -0.1) is 0 Å². The number of halogens is 3. The molecule has 23 heavy (non-hydrogen) atoms. The number of amides is 1. The van der Waals surface area contributed by atoms with E-state index < -0.39 is 0 Å². The fourth-order valence-electron chi connectivity index (χ4n) is 1.84. The van der Waals surface area contributed by atoms with E-state index in [0.717, 1.165) is 0 Å². The van der Waals surface area contributed by atoms with Gasteiger partial charge in [-0.1, -0.05) is 22.9 Å². The second-order valence-corrected chi connectivity index (χ2v) is 6.86. The third-order valence-electron chi connectivity index (χ3n) is 2.85. The van der Waals surface area contributed by atoms with Crippen molar-refractivity contribution in [2.45, 2.75) is 0 Å². The van der Waals surface area contributed by atoms with E-state index in [9.17, 15) is 9.18 Å². The number of fused-ring (bicyclic) bond motifs is 1. The standard InChI is InChI=1S/C15H9BrClFN2O2S/c16-10-5-8(17)1-4-12(10)22-7-14(21)20-15-19-11-3-2-9(18)6-13(11)23-15/h1-6H,7H2,(H,19,20,21). The van der Waals surface area contributed by atoms with E-state index >= 15 is 0 Å². The highest BCUT2D eigenvalue weighted by molar-refractivity contribution is 9.10. The summed E-state index contributed by atoms with van der Waals surface area (Å²) in [6, 6.07) is 9.29. The van der Waals surface area contributed by atoms with E-state index in [1.807, 2.05) is 0 Å². The van der Waals surface area contributed by atoms with Gasteiger partial charge in [-0.2, -0.15) is 0 Å². The Bertz CT molecular complexity index is 887. The summed E-state index contributed by atoms with van der Waals surface area (Å²) >= 11 is 10.3. The first-order valence-electron chi connectivity index (χ1n) is 6.45. The molecule has 0 bridgehead atoms. The quantitative estimate of drug-likeness (QED) is 0.661. The molecule has 0 radical (unpaired) electrons.